The molecule has 0 bridgehead atoms. The predicted octanol–water partition coefficient (Wildman–Crippen LogP) is 3.22. The van der Waals surface area contributed by atoms with E-state index in [4.69, 9.17) is 22.3 Å². The molecule has 1 aromatic carbocycles. The number of rotatable bonds is 3. The quantitative estimate of drug-likeness (QED) is 0.867. The molecule has 0 unspecified atom stereocenters. The van der Waals surface area contributed by atoms with E-state index in [1.165, 1.54) is 24.4 Å². The Labute approximate surface area is 131 Å². The van der Waals surface area contributed by atoms with Crippen molar-refractivity contribution < 1.29 is 13.2 Å². The van der Waals surface area contributed by atoms with Gasteiger partial charge >= 0.3 is 0 Å². The average molecular weight is 345 g/mol. The molecule has 1 amide bonds. The molecular weight excluding hydrogens is 335 g/mol. The molecule has 1 N–H and O–H groups in total. The van der Waals surface area contributed by atoms with Crippen molar-refractivity contribution in [3.8, 4) is 0 Å². The first-order chi connectivity index (χ1) is 9.79. The topological polar surface area (TPSA) is 76.1 Å². The van der Waals surface area contributed by atoms with Crippen molar-refractivity contribution in [2.24, 2.45) is 0 Å². The van der Waals surface area contributed by atoms with Crippen LogP contribution in [0.3, 0.4) is 0 Å². The van der Waals surface area contributed by atoms with Gasteiger partial charge in [-0.1, -0.05) is 17.7 Å². The summed E-state index contributed by atoms with van der Waals surface area (Å²) >= 11 is 5.84. The smallest absolute Gasteiger partial charge is 0.274 e. The Balaban J connectivity index is 2.27. The molecule has 0 fully saturated rings. The summed E-state index contributed by atoms with van der Waals surface area (Å²) in [6.45, 7) is 1.76. The number of nitrogens with zero attached hydrogens (tertiary/aromatic N) is 1. The second-order valence-electron chi connectivity index (χ2n) is 4.21. The van der Waals surface area contributed by atoms with Crippen LogP contribution in [0.5, 0.6) is 0 Å². The lowest BCUT2D eigenvalue weighted by Crippen LogP contribution is -2.15. The van der Waals surface area contributed by atoms with Crippen LogP contribution in [0.15, 0.2) is 41.4 Å². The van der Waals surface area contributed by atoms with Crippen molar-refractivity contribution in [1.82, 2.24) is 4.98 Å². The number of halogens is 2. The zero-order valence-electron chi connectivity index (χ0n) is 10.8. The number of carbonyl (C=O) groups is 1. The van der Waals surface area contributed by atoms with Crippen molar-refractivity contribution in [2.75, 3.05) is 5.32 Å². The van der Waals surface area contributed by atoms with E-state index in [-0.39, 0.29) is 15.6 Å². The lowest BCUT2D eigenvalue weighted by molar-refractivity contribution is 0.102. The van der Waals surface area contributed by atoms with Gasteiger partial charge in [0.05, 0.1) is 5.02 Å². The number of pyridine rings is 1. The highest BCUT2D eigenvalue weighted by atomic mass is 35.7. The summed E-state index contributed by atoms with van der Waals surface area (Å²) in [5.41, 5.74) is 1.35. The van der Waals surface area contributed by atoms with Gasteiger partial charge in [-0.15, -0.1) is 0 Å². The third kappa shape index (κ3) is 3.72. The Morgan fingerprint density at radius 2 is 2.00 bits per heavy atom. The van der Waals surface area contributed by atoms with E-state index >= 15 is 0 Å². The number of hydrogen-bond donors (Lipinski definition) is 1. The molecule has 0 saturated carbocycles. The van der Waals surface area contributed by atoms with Crippen molar-refractivity contribution in [3.05, 3.63) is 52.8 Å². The Hall–Kier alpha value is -1.63. The van der Waals surface area contributed by atoms with Gasteiger partial charge < -0.3 is 5.32 Å². The molecular formula is C13H10Cl2N2O3S. The highest BCUT2D eigenvalue weighted by Crippen LogP contribution is 2.27. The molecule has 110 valence electrons. The zero-order chi connectivity index (χ0) is 15.6. The van der Waals surface area contributed by atoms with Crippen LogP contribution >= 0.6 is 22.3 Å². The fourth-order valence-corrected chi connectivity index (χ4v) is 3.22. The summed E-state index contributed by atoms with van der Waals surface area (Å²) < 4.78 is 22.5. The molecule has 0 aliphatic heterocycles. The van der Waals surface area contributed by atoms with E-state index in [1.807, 2.05) is 0 Å². The van der Waals surface area contributed by atoms with E-state index in [0.717, 1.165) is 5.56 Å². The van der Waals surface area contributed by atoms with Crippen LogP contribution in [0.1, 0.15) is 16.1 Å². The lowest BCUT2D eigenvalue weighted by Gasteiger charge is -2.08. The normalized spacial score (nSPS) is 11.2. The van der Waals surface area contributed by atoms with Gasteiger partial charge in [-0.25, -0.2) is 8.42 Å². The standard InChI is InChI=1S/C13H10Cl2N2O3S/c1-8-3-2-6-16-12(8)13(18)17-9-4-5-11(10(14)7-9)21(15,19)20/h2-7H,1H3,(H,17,18). The van der Waals surface area contributed by atoms with Crippen LogP contribution in [0, 0.1) is 6.92 Å². The van der Waals surface area contributed by atoms with Crippen molar-refractivity contribution >= 4 is 42.9 Å². The van der Waals surface area contributed by atoms with Crippen LogP contribution < -0.4 is 5.32 Å². The minimum absolute atomic E-state index is 0.0689. The van der Waals surface area contributed by atoms with E-state index in [1.54, 1.807) is 19.1 Å². The Bertz CT molecular complexity index is 807. The predicted molar refractivity (Wildman–Crippen MR) is 81.4 cm³/mol. The molecule has 2 rings (SSSR count). The van der Waals surface area contributed by atoms with Gasteiger partial charge in [-0.2, -0.15) is 0 Å². The number of benzene rings is 1. The summed E-state index contributed by atoms with van der Waals surface area (Å²) in [7, 11) is 1.31. The fourth-order valence-electron chi connectivity index (χ4n) is 1.69. The van der Waals surface area contributed by atoms with Crippen LogP contribution in [0.25, 0.3) is 0 Å². The van der Waals surface area contributed by atoms with E-state index < -0.39 is 15.0 Å². The molecule has 0 aliphatic carbocycles. The van der Waals surface area contributed by atoms with Gasteiger partial charge in [0.15, 0.2) is 0 Å². The summed E-state index contributed by atoms with van der Waals surface area (Å²) in [4.78, 5) is 15.8. The number of aromatic nitrogens is 1. The van der Waals surface area contributed by atoms with E-state index in [9.17, 15) is 13.2 Å². The fraction of sp³-hybridized carbons (Fsp3) is 0.0769. The number of hydrogen-bond acceptors (Lipinski definition) is 4. The maximum Gasteiger partial charge on any atom is 0.274 e. The van der Waals surface area contributed by atoms with Crippen LogP contribution in [0.4, 0.5) is 5.69 Å². The minimum Gasteiger partial charge on any atom is -0.321 e. The van der Waals surface area contributed by atoms with Gasteiger partial charge in [0.1, 0.15) is 10.6 Å². The molecule has 1 aromatic heterocycles. The van der Waals surface area contributed by atoms with E-state index in [0.29, 0.717) is 5.69 Å². The Kier molecular flexibility index (Phi) is 4.51. The van der Waals surface area contributed by atoms with Gasteiger partial charge in [-0.05, 0) is 36.8 Å². The average Bonchev–Trinajstić information content (AvgIpc) is 2.37. The molecule has 0 radical (unpaired) electrons. The molecule has 0 saturated heterocycles. The number of amides is 1. The van der Waals surface area contributed by atoms with Crippen molar-refractivity contribution in [2.45, 2.75) is 11.8 Å². The first-order valence-corrected chi connectivity index (χ1v) is 8.45. The number of carbonyl (C=O) groups excluding carboxylic acids is 1. The van der Waals surface area contributed by atoms with Crippen molar-refractivity contribution in [3.63, 3.8) is 0 Å². The molecule has 2 aromatic rings. The first kappa shape index (κ1) is 15.8. The molecule has 0 spiro atoms. The summed E-state index contributed by atoms with van der Waals surface area (Å²) in [5, 5.41) is 2.53. The second kappa shape index (κ2) is 6.01. The highest BCUT2D eigenvalue weighted by Gasteiger charge is 2.16. The number of anilines is 1. The molecule has 0 atom stereocenters. The molecule has 8 heteroatoms. The first-order valence-electron chi connectivity index (χ1n) is 5.76. The van der Waals surface area contributed by atoms with Crippen LogP contribution in [-0.4, -0.2) is 19.3 Å². The Morgan fingerprint density at radius 3 is 2.57 bits per heavy atom. The molecule has 0 aliphatic rings. The largest absolute Gasteiger partial charge is 0.321 e. The lowest BCUT2D eigenvalue weighted by atomic mass is 10.2. The third-order valence-electron chi connectivity index (χ3n) is 2.68. The summed E-state index contributed by atoms with van der Waals surface area (Å²) in [5.74, 6) is -0.411. The molecule has 1 heterocycles. The molecule has 5 nitrogen and oxygen atoms in total. The zero-order valence-corrected chi connectivity index (χ0v) is 13.1. The van der Waals surface area contributed by atoms with Gasteiger partial charge in [-0.3, -0.25) is 9.78 Å². The number of nitrogens with one attached hydrogen (secondary N) is 1. The minimum atomic E-state index is -3.92. The SMILES string of the molecule is Cc1cccnc1C(=O)Nc1ccc(S(=O)(=O)Cl)c(Cl)c1. The van der Waals surface area contributed by atoms with Gasteiger partial charge in [0.25, 0.3) is 15.0 Å². The van der Waals surface area contributed by atoms with Gasteiger partial charge in [0, 0.05) is 22.6 Å². The van der Waals surface area contributed by atoms with Crippen LogP contribution in [-0.2, 0) is 9.05 Å². The second-order valence-corrected chi connectivity index (χ2v) is 7.15. The summed E-state index contributed by atoms with van der Waals surface area (Å²) in [6, 6.07) is 7.43. The Morgan fingerprint density at radius 1 is 1.29 bits per heavy atom. The maximum absolute atomic E-state index is 12.1. The number of aryl methyl sites for hydroxylation is 1. The van der Waals surface area contributed by atoms with E-state index in [2.05, 4.69) is 10.3 Å². The monoisotopic (exact) mass is 344 g/mol. The maximum atomic E-state index is 12.1. The van der Waals surface area contributed by atoms with Crippen molar-refractivity contribution in [1.29, 1.82) is 0 Å². The molecule has 21 heavy (non-hydrogen) atoms. The highest BCUT2D eigenvalue weighted by molar-refractivity contribution is 8.13. The van der Waals surface area contributed by atoms with Gasteiger partial charge in [0.2, 0.25) is 0 Å². The third-order valence-corrected chi connectivity index (χ3v) is 4.48. The summed E-state index contributed by atoms with van der Waals surface area (Å²) in [6.07, 6.45) is 1.51. The van der Waals surface area contributed by atoms with Crippen LogP contribution in [0.2, 0.25) is 5.02 Å².